The van der Waals surface area contributed by atoms with E-state index in [0.29, 0.717) is 12.0 Å². The lowest BCUT2D eigenvalue weighted by atomic mass is 9.78. The highest BCUT2D eigenvalue weighted by Gasteiger charge is 2.47. The number of benzene rings is 1. The maximum Gasteiger partial charge on any atom is 0.260 e. The van der Waals surface area contributed by atoms with Crippen LogP contribution in [0.3, 0.4) is 0 Å². The van der Waals surface area contributed by atoms with Crippen LogP contribution in [0.1, 0.15) is 36.2 Å². The molecule has 0 spiro atoms. The van der Waals surface area contributed by atoms with Crippen LogP contribution in [-0.2, 0) is 11.2 Å². The zero-order valence-electron chi connectivity index (χ0n) is 10.9. The second kappa shape index (κ2) is 5.06. The maximum atomic E-state index is 12.4. The Morgan fingerprint density at radius 1 is 1.47 bits per heavy atom. The zero-order valence-corrected chi connectivity index (χ0v) is 12.5. The quantitative estimate of drug-likeness (QED) is 0.815. The van der Waals surface area contributed by atoms with Crippen molar-refractivity contribution in [3.8, 4) is 0 Å². The second-order valence-electron chi connectivity index (χ2n) is 5.12. The van der Waals surface area contributed by atoms with Crippen molar-refractivity contribution in [3.05, 3.63) is 33.8 Å². The van der Waals surface area contributed by atoms with Gasteiger partial charge in [0.15, 0.2) is 0 Å². The Hall–Kier alpha value is -1.20. The molecule has 1 unspecified atom stereocenters. The summed E-state index contributed by atoms with van der Waals surface area (Å²) in [6, 6.07) is 5.24. The number of aliphatic hydroxyl groups is 1. The van der Waals surface area contributed by atoms with Crippen molar-refractivity contribution in [2.75, 3.05) is 0 Å². The lowest BCUT2D eigenvalue weighted by Crippen LogP contribution is -2.56. The van der Waals surface area contributed by atoms with Crippen molar-refractivity contribution in [1.29, 1.82) is 0 Å². The predicted octanol–water partition coefficient (Wildman–Crippen LogP) is 1.83. The highest BCUT2D eigenvalue weighted by molar-refractivity contribution is 9.10. The number of hydrogen-bond donors (Lipinski definition) is 2. The number of halogens is 1. The van der Waals surface area contributed by atoms with Crippen molar-refractivity contribution in [1.82, 2.24) is 5.32 Å². The van der Waals surface area contributed by atoms with Gasteiger partial charge in [-0.15, -0.1) is 0 Å². The number of aryl methyl sites for hydroxylation is 1. The third kappa shape index (κ3) is 2.58. The highest BCUT2D eigenvalue weighted by Crippen LogP contribution is 2.31. The van der Waals surface area contributed by atoms with Crippen LogP contribution in [0.5, 0.6) is 0 Å². The van der Waals surface area contributed by atoms with Gasteiger partial charge in [-0.1, -0.05) is 22.0 Å². The van der Waals surface area contributed by atoms with E-state index in [1.165, 1.54) is 0 Å². The molecule has 1 atom stereocenters. The largest absolute Gasteiger partial charge is 0.373 e. The van der Waals surface area contributed by atoms with E-state index in [9.17, 15) is 14.7 Å². The van der Waals surface area contributed by atoms with Crippen LogP contribution in [0.4, 0.5) is 0 Å². The number of fused-ring (bicyclic) bond motifs is 1. The molecule has 2 rings (SSSR count). The van der Waals surface area contributed by atoms with E-state index < -0.39 is 17.3 Å². The number of Topliss-reactive ketones (excluding diaryl/α,β-unsaturated/α-hetero) is 1. The van der Waals surface area contributed by atoms with E-state index >= 15 is 0 Å². The van der Waals surface area contributed by atoms with Gasteiger partial charge in [0.05, 0.1) is 0 Å². The van der Waals surface area contributed by atoms with Gasteiger partial charge in [-0.2, -0.15) is 0 Å². The molecule has 1 aromatic carbocycles. The fraction of sp³-hybridized carbons (Fsp3) is 0.429. The van der Waals surface area contributed by atoms with Crippen LogP contribution in [0.2, 0.25) is 0 Å². The molecule has 0 radical (unpaired) electrons. The normalized spacial score (nSPS) is 22.3. The Labute approximate surface area is 120 Å². The average Bonchev–Trinajstić information content (AvgIpc) is 2.34. The van der Waals surface area contributed by atoms with Crippen molar-refractivity contribution in [2.45, 2.75) is 38.3 Å². The average molecular weight is 326 g/mol. The summed E-state index contributed by atoms with van der Waals surface area (Å²) in [7, 11) is 0. The van der Waals surface area contributed by atoms with Crippen molar-refractivity contribution >= 4 is 27.6 Å². The molecule has 0 aliphatic heterocycles. The summed E-state index contributed by atoms with van der Waals surface area (Å²) >= 11 is 3.30. The summed E-state index contributed by atoms with van der Waals surface area (Å²) < 4.78 is 0.758. The number of carbonyl (C=O) groups is 2. The fourth-order valence-corrected chi connectivity index (χ4v) is 2.59. The molecule has 0 bridgehead atoms. The molecule has 4 nitrogen and oxygen atoms in total. The molecule has 19 heavy (non-hydrogen) atoms. The van der Waals surface area contributed by atoms with Gasteiger partial charge in [-0.05, 0) is 44.4 Å². The summed E-state index contributed by atoms with van der Waals surface area (Å²) in [5, 5.41) is 13.0. The lowest BCUT2D eigenvalue weighted by Gasteiger charge is -2.31. The summed E-state index contributed by atoms with van der Waals surface area (Å²) in [4.78, 5) is 24.4. The van der Waals surface area contributed by atoms with Gasteiger partial charge in [0.1, 0.15) is 0 Å². The van der Waals surface area contributed by atoms with Gasteiger partial charge >= 0.3 is 0 Å². The van der Waals surface area contributed by atoms with Crippen LogP contribution in [-0.4, -0.2) is 28.4 Å². The van der Waals surface area contributed by atoms with Crippen molar-refractivity contribution < 1.29 is 14.7 Å². The monoisotopic (exact) mass is 325 g/mol. The summed E-state index contributed by atoms with van der Waals surface area (Å²) in [6.45, 7) is 3.58. The molecular weight excluding hydrogens is 310 g/mol. The summed E-state index contributed by atoms with van der Waals surface area (Å²) in [5.74, 6) is -1.13. The molecule has 0 fully saturated rings. The molecular formula is C14H16BrNO3. The first-order chi connectivity index (χ1) is 8.84. The summed E-state index contributed by atoms with van der Waals surface area (Å²) in [6.07, 6.45) is 0.634. The molecule has 0 heterocycles. The SMILES string of the molecule is CC(C)NC(=O)C1(O)CCc2ccc(Br)cc2C1=O. The van der Waals surface area contributed by atoms with E-state index in [1.54, 1.807) is 19.9 Å². The molecule has 1 aliphatic carbocycles. The van der Waals surface area contributed by atoms with E-state index in [-0.39, 0.29) is 12.5 Å². The van der Waals surface area contributed by atoms with Gasteiger partial charge in [-0.3, -0.25) is 9.59 Å². The zero-order chi connectivity index (χ0) is 14.2. The fourth-order valence-electron chi connectivity index (χ4n) is 2.23. The van der Waals surface area contributed by atoms with E-state index in [4.69, 9.17) is 0 Å². The van der Waals surface area contributed by atoms with Gasteiger partial charge in [0.2, 0.25) is 11.4 Å². The smallest absolute Gasteiger partial charge is 0.260 e. The minimum Gasteiger partial charge on any atom is -0.373 e. The first kappa shape index (κ1) is 14.2. The Bertz CT molecular complexity index is 541. The van der Waals surface area contributed by atoms with E-state index in [1.807, 2.05) is 12.1 Å². The number of nitrogens with one attached hydrogen (secondary N) is 1. The Balaban J connectivity index is 2.37. The highest BCUT2D eigenvalue weighted by atomic mass is 79.9. The van der Waals surface area contributed by atoms with Crippen molar-refractivity contribution in [2.24, 2.45) is 0 Å². The van der Waals surface area contributed by atoms with Crippen LogP contribution >= 0.6 is 15.9 Å². The molecule has 102 valence electrons. The molecule has 1 aliphatic rings. The molecule has 0 saturated heterocycles. The number of rotatable bonds is 2. The van der Waals surface area contributed by atoms with E-state index in [2.05, 4.69) is 21.2 Å². The van der Waals surface area contributed by atoms with Crippen LogP contribution < -0.4 is 5.32 Å². The maximum absolute atomic E-state index is 12.4. The number of amides is 1. The number of ketones is 1. The Kier molecular flexibility index (Phi) is 3.78. The first-order valence-electron chi connectivity index (χ1n) is 6.21. The van der Waals surface area contributed by atoms with Crippen LogP contribution in [0.15, 0.2) is 22.7 Å². The second-order valence-corrected chi connectivity index (χ2v) is 6.03. The third-order valence-electron chi connectivity index (χ3n) is 3.24. The van der Waals surface area contributed by atoms with Gasteiger partial charge in [-0.25, -0.2) is 0 Å². The van der Waals surface area contributed by atoms with Crippen LogP contribution in [0, 0.1) is 0 Å². The minimum absolute atomic E-state index is 0.117. The number of carbonyl (C=O) groups excluding carboxylic acids is 2. The lowest BCUT2D eigenvalue weighted by molar-refractivity contribution is -0.136. The van der Waals surface area contributed by atoms with Gasteiger partial charge in [0.25, 0.3) is 5.91 Å². The van der Waals surface area contributed by atoms with Crippen LogP contribution in [0.25, 0.3) is 0 Å². The molecule has 0 aromatic heterocycles. The molecule has 1 amide bonds. The minimum atomic E-state index is -1.95. The first-order valence-corrected chi connectivity index (χ1v) is 7.00. The topological polar surface area (TPSA) is 66.4 Å². The Morgan fingerprint density at radius 2 is 2.16 bits per heavy atom. The number of hydrogen-bond acceptors (Lipinski definition) is 3. The van der Waals surface area contributed by atoms with Crippen molar-refractivity contribution in [3.63, 3.8) is 0 Å². The van der Waals surface area contributed by atoms with Gasteiger partial charge in [0, 0.05) is 16.1 Å². The molecule has 2 N–H and O–H groups in total. The summed E-state index contributed by atoms with van der Waals surface area (Å²) in [5.41, 5.74) is -0.657. The standard InChI is InChI=1S/C14H16BrNO3/c1-8(2)16-13(18)14(19)6-5-9-3-4-10(15)7-11(9)12(14)17/h3-4,7-8,19H,5-6H2,1-2H3,(H,16,18). The molecule has 5 heteroatoms. The molecule has 0 saturated carbocycles. The third-order valence-corrected chi connectivity index (χ3v) is 3.74. The van der Waals surface area contributed by atoms with E-state index in [0.717, 1.165) is 10.0 Å². The Morgan fingerprint density at radius 3 is 2.79 bits per heavy atom. The van der Waals surface area contributed by atoms with Gasteiger partial charge < -0.3 is 10.4 Å². The molecule has 1 aromatic rings. The predicted molar refractivity (Wildman–Crippen MR) is 75.0 cm³/mol.